The zero-order chi connectivity index (χ0) is 14.8. The highest BCUT2D eigenvalue weighted by molar-refractivity contribution is 5.99. The van der Waals surface area contributed by atoms with E-state index in [1.54, 1.807) is 6.07 Å². The number of rotatable bonds is 3. The van der Waals surface area contributed by atoms with E-state index in [1.165, 1.54) is 5.56 Å². The molecule has 1 aliphatic heterocycles. The van der Waals surface area contributed by atoms with Gasteiger partial charge in [0.1, 0.15) is 0 Å². The van der Waals surface area contributed by atoms with Gasteiger partial charge in [0.25, 0.3) is 5.91 Å². The number of nitrogen functional groups attached to an aromatic ring is 1. The van der Waals surface area contributed by atoms with E-state index in [9.17, 15) is 4.79 Å². The Morgan fingerprint density at radius 1 is 1.14 bits per heavy atom. The predicted octanol–water partition coefficient (Wildman–Crippen LogP) is 2.36. The normalized spacial score (nSPS) is 17.9. The molecular weight excluding hydrogens is 262 g/mol. The molecule has 1 saturated heterocycles. The van der Waals surface area contributed by atoms with E-state index in [2.05, 4.69) is 29.2 Å². The van der Waals surface area contributed by atoms with Crippen molar-refractivity contribution in [3.05, 3.63) is 59.7 Å². The van der Waals surface area contributed by atoms with Crippen LogP contribution in [0.3, 0.4) is 0 Å². The maximum absolute atomic E-state index is 11.6. The fraction of sp³-hybridized carbons (Fsp3) is 0.235. The Morgan fingerprint density at radius 2 is 1.90 bits per heavy atom. The van der Waals surface area contributed by atoms with Crippen molar-refractivity contribution in [3.8, 4) is 0 Å². The van der Waals surface area contributed by atoms with Gasteiger partial charge in [-0.1, -0.05) is 30.3 Å². The van der Waals surface area contributed by atoms with Crippen LogP contribution in [0.25, 0.3) is 0 Å². The van der Waals surface area contributed by atoms with Crippen LogP contribution < -0.4 is 16.4 Å². The Balaban J connectivity index is 1.85. The summed E-state index contributed by atoms with van der Waals surface area (Å²) < 4.78 is 0. The molecule has 1 fully saturated rings. The van der Waals surface area contributed by atoms with Gasteiger partial charge in [0.15, 0.2) is 0 Å². The number of hydrogen-bond donors (Lipinski definition) is 2. The van der Waals surface area contributed by atoms with E-state index < -0.39 is 5.91 Å². The van der Waals surface area contributed by atoms with Gasteiger partial charge in [-0.25, -0.2) is 0 Å². The summed E-state index contributed by atoms with van der Waals surface area (Å²) in [4.78, 5) is 13.8. The van der Waals surface area contributed by atoms with Crippen molar-refractivity contribution in [2.45, 2.75) is 12.3 Å². The summed E-state index contributed by atoms with van der Waals surface area (Å²) in [5, 5.41) is 0. The zero-order valence-corrected chi connectivity index (χ0v) is 11.8. The van der Waals surface area contributed by atoms with Gasteiger partial charge in [0.2, 0.25) is 0 Å². The van der Waals surface area contributed by atoms with Crippen molar-refractivity contribution < 1.29 is 4.79 Å². The van der Waals surface area contributed by atoms with Crippen LogP contribution >= 0.6 is 0 Å². The summed E-state index contributed by atoms with van der Waals surface area (Å²) in [6, 6.07) is 15.8. The summed E-state index contributed by atoms with van der Waals surface area (Å²) in [6.07, 6.45) is 1.08. The Hall–Kier alpha value is -2.49. The van der Waals surface area contributed by atoms with Crippen LogP contribution in [0.4, 0.5) is 11.4 Å². The van der Waals surface area contributed by atoms with E-state index in [4.69, 9.17) is 11.5 Å². The second-order valence-electron chi connectivity index (χ2n) is 5.48. The molecule has 0 aromatic heterocycles. The van der Waals surface area contributed by atoms with Crippen LogP contribution in [-0.4, -0.2) is 19.0 Å². The molecule has 108 valence electrons. The number of hydrogen-bond acceptors (Lipinski definition) is 3. The van der Waals surface area contributed by atoms with Crippen molar-refractivity contribution in [2.75, 3.05) is 23.7 Å². The van der Waals surface area contributed by atoms with Crippen LogP contribution in [0, 0.1) is 0 Å². The number of nitrogens with two attached hydrogens (primary N) is 2. The number of benzene rings is 2. The lowest BCUT2D eigenvalue weighted by molar-refractivity contribution is 0.100. The number of anilines is 2. The minimum Gasteiger partial charge on any atom is -0.399 e. The summed E-state index contributed by atoms with van der Waals surface area (Å²) in [5.41, 5.74) is 14.5. The molecular formula is C17H19N3O. The number of carbonyl (C=O) groups excluding carboxylic acids is 1. The van der Waals surface area contributed by atoms with Crippen molar-refractivity contribution in [2.24, 2.45) is 5.73 Å². The van der Waals surface area contributed by atoms with Crippen LogP contribution in [0.2, 0.25) is 0 Å². The van der Waals surface area contributed by atoms with Gasteiger partial charge in [-0.3, -0.25) is 4.79 Å². The number of nitrogens with zero attached hydrogens (tertiary/aromatic N) is 1. The largest absolute Gasteiger partial charge is 0.399 e. The molecule has 4 heteroatoms. The quantitative estimate of drug-likeness (QED) is 0.848. The van der Waals surface area contributed by atoms with E-state index in [-0.39, 0.29) is 0 Å². The van der Waals surface area contributed by atoms with Crippen molar-refractivity contribution in [3.63, 3.8) is 0 Å². The Bertz CT molecular complexity index is 654. The molecule has 3 rings (SSSR count). The van der Waals surface area contributed by atoms with Crippen LogP contribution in [0.15, 0.2) is 48.5 Å². The van der Waals surface area contributed by atoms with E-state index in [0.717, 1.165) is 25.2 Å². The van der Waals surface area contributed by atoms with Gasteiger partial charge in [0.05, 0.1) is 5.56 Å². The van der Waals surface area contributed by atoms with Crippen molar-refractivity contribution >= 4 is 17.3 Å². The van der Waals surface area contributed by atoms with Gasteiger partial charge in [-0.15, -0.1) is 0 Å². The van der Waals surface area contributed by atoms with Gasteiger partial charge in [-0.2, -0.15) is 0 Å². The second-order valence-corrected chi connectivity index (χ2v) is 5.48. The Morgan fingerprint density at radius 3 is 2.62 bits per heavy atom. The fourth-order valence-corrected chi connectivity index (χ4v) is 3.00. The lowest BCUT2D eigenvalue weighted by Crippen LogP contribution is -2.24. The summed E-state index contributed by atoms with van der Waals surface area (Å²) in [5.74, 6) is 0.0601. The third-order valence-corrected chi connectivity index (χ3v) is 4.09. The molecule has 4 nitrogen and oxygen atoms in total. The average Bonchev–Trinajstić information content (AvgIpc) is 2.97. The monoisotopic (exact) mass is 281 g/mol. The lowest BCUT2D eigenvalue weighted by Gasteiger charge is -2.21. The molecule has 21 heavy (non-hydrogen) atoms. The predicted molar refractivity (Wildman–Crippen MR) is 85.4 cm³/mol. The standard InChI is InChI=1S/C17H19N3O/c18-14-6-7-16(15(10-14)17(19)21)20-9-8-13(11-20)12-4-2-1-3-5-12/h1-7,10,13H,8-9,11,18H2,(H2,19,21). The lowest BCUT2D eigenvalue weighted by atomic mass is 9.99. The number of carbonyl (C=O) groups is 1. The number of amides is 1. The molecule has 0 aliphatic carbocycles. The fourth-order valence-electron chi connectivity index (χ4n) is 3.00. The summed E-state index contributed by atoms with van der Waals surface area (Å²) >= 11 is 0. The molecule has 0 saturated carbocycles. The maximum atomic E-state index is 11.6. The second kappa shape index (κ2) is 5.48. The highest BCUT2D eigenvalue weighted by Crippen LogP contribution is 2.33. The van der Waals surface area contributed by atoms with E-state index in [0.29, 0.717) is 17.2 Å². The van der Waals surface area contributed by atoms with Gasteiger partial charge < -0.3 is 16.4 Å². The molecule has 0 spiro atoms. The van der Waals surface area contributed by atoms with E-state index >= 15 is 0 Å². The highest BCUT2D eigenvalue weighted by atomic mass is 16.1. The summed E-state index contributed by atoms with van der Waals surface area (Å²) in [6.45, 7) is 1.82. The topological polar surface area (TPSA) is 72.3 Å². The third kappa shape index (κ3) is 2.70. The Labute approximate surface area is 124 Å². The zero-order valence-electron chi connectivity index (χ0n) is 11.8. The first-order valence-corrected chi connectivity index (χ1v) is 7.14. The molecule has 1 atom stereocenters. The molecule has 0 bridgehead atoms. The smallest absolute Gasteiger partial charge is 0.250 e. The van der Waals surface area contributed by atoms with Crippen LogP contribution in [-0.2, 0) is 0 Å². The van der Waals surface area contributed by atoms with Gasteiger partial charge >= 0.3 is 0 Å². The molecule has 1 amide bonds. The third-order valence-electron chi connectivity index (χ3n) is 4.09. The Kier molecular flexibility index (Phi) is 3.52. The van der Waals surface area contributed by atoms with Gasteiger partial charge in [0, 0.05) is 30.4 Å². The molecule has 2 aromatic rings. The average molecular weight is 281 g/mol. The molecule has 1 unspecified atom stereocenters. The van der Waals surface area contributed by atoms with Crippen molar-refractivity contribution in [1.82, 2.24) is 0 Å². The van der Waals surface area contributed by atoms with E-state index in [1.807, 2.05) is 18.2 Å². The number of primary amides is 1. The first-order chi connectivity index (χ1) is 10.1. The first kappa shape index (κ1) is 13.5. The molecule has 4 N–H and O–H groups in total. The SMILES string of the molecule is NC(=O)c1cc(N)ccc1N1CCC(c2ccccc2)C1. The minimum absolute atomic E-state index is 0.430. The van der Waals surface area contributed by atoms with Crippen LogP contribution in [0.1, 0.15) is 28.3 Å². The van der Waals surface area contributed by atoms with Crippen LogP contribution in [0.5, 0.6) is 0 Å². The molecule has 0 radical (unpaired) electrons. The first-order valence-electron chi connectivity index (χ1n) is 7.14. The molecule has 1 heterocycles. The van der Waals surface area contributed by atoms with Gasteiger partial charge in [-0.05, 0) is 30.2 Å². The molecule has 1 aliphatic rings. The van der Waals surface area contributed by atoms with Crippen molar-refractivity contribution in [1.29, 1.82) is 0 Å². The molecule has 2 aromatic carbocycles. The summed E-state index contributed by atoms with van der Waals surface area (Å²) in [7, 11) is 0. The highest BCUT2D eigenvalue weighted by Gasteiger charge is 2.26. The minimum atomic E-state index is -0.430. The maximum Gasteiger partial charge on any atom is 0.250 e.